The van der Waals surface area contributed by atoms with Gasteiger partial charge in [0.1, 0.15) is 5.54 Å². The number of unbranched alkanes of at least 4 members (excludes halogenated alkanes) is 13. The van der Waals surface area contributed by atoms with Gasteiger partial charge in [0.05, 0.1) is 6.54 Å². The average Bonchev–Trinajstić information content (AvgIpc) is 2.65. The Morgan fingerprint density at radius 2 is 1.00 bits per heavy atom. The minimum absolute atomic E-state index is 0. The Balaban J connectivity index is 0. The van der Waals surface area contributed by atoms with Crippen molar-refractivity contribution in [1.29, 1.82) is 0 Å². The maximum absolute atomic E-state index is 2.52. The van der Waals surface area contributed by atoms with Crippen LogP contribution in [0.15, 0.2) is 30.3 Å². The maximum atomic E-state index is 2.52. The summed E-state index contributed by atoms with van der Waals surface area (Å²) in [6, 6.07) is 10.9. The second-order valence-corrected chi connectivity index (χ2v) is 8.68. The fourth-order valence-electron chi connectivity index (χ4n) is 3.79. The molecule has 0 aromatic heterocycles. The zero-order chi connectivity index (χ0) is 18.9. The molecule has 0 radical (unpaired) electrons. The highest BCUT2D eigenvalue weighted by atomic mass is 35.5. The van der Waals surface area contributed by atoms with Gasteiger partial charge in [0.25, 0.3) is 0 Å². The summed E-state index contributed by atoms with van der Waals surface area (Å²) in [4.78, 5) is 0. The minimum Gasteiger partial charge on any atom is -1.00 e. The Bertz CT molecular complexity index is 420. The zero-order valence-electron chi connectivity index (χ0n) is 18.8. The monoisotopic (exact) mass is 430 g/mol. The van der Waals surface area contributed by atoms with Crippen LogP contribution in [0.25, 0.3) is 0 Å². The van der Waals surface area contributed by atoms with E-state index in [1.807, 2.05) is 0 Å². The van der Waals surface area contributed by atoms with Crippen LogP contribution in [-0.4, -0.2) is 6.54 Å². The van der Waals surface area contributed by atoms with Gasteiger partial charge < -0.3 is 30.1 Å². The molecule has 0 aliphatic heterocycles. The third-order valence-electron chi connectivity index (χ3n) is 5.73. The fraction of sp³-hybridized carbons (Fsp3) is 0.760. The number of hydrogen-bond donors (Lipinski definition) is 1. The molecule has 166 valence electrons. The molecule has 3 heteroatoms. The summed E-state index contributed by atoms with van der Waals surface area (Å²) < 4.78 is 0. The third-order valence-corrected chi connectivity index (χ3v) is 5.73. The molecule has 1 rings (SSSR count). The first kappa shape index (κ1) is 30.0. The Kier molecular flexibility index (Phi) is 21.5. The van der Waals surface area contributed by atoms with E-state index < -0.39 is 0 Å². The first-order valence-electron chi connectivity index (χ1n) is 11.6. The van der Waals surface area contributed by atoms with E-state index in [1.165, 1.54) is 102 Å². The highest BCUT2D eigenvalue weighted by molar-refractivity contribution is 5.19. The Labute approximate surface area is 188 Å². The van der Waals surface area contributed by atoms with Crippen LogP contribution < -0.4 is 30.1 Å². The molecular weight excluding hydrogens is 385 g/mol. The standard InChI is InChI=1S/C25H45N.2ClH/c1-4-5-6-7-8-9-10-11-12-13-14-15-16-20-23-26-25(2,3)24-21-18-17-19-22-24;;/h17-19,21-22,26H,4-16,20,23H2,1-3H3;2*1H/p-1. The molecule has 0 unspecified atom stereocenters. The number of hydrogen-bond acceptors (Lipinski definition) is 0. The zero-order valence-corrected chi connectivity index (χ0v) is 20.3. The van der Waals surface area contributed by atoms with Crippen molar-refractivity contribution in [3.63, 3.8) is 0 Å². The lowest BCUT2D eigenvalue weighted by Crippen LogP contribution is -3.00. The Hall–Kier alpha value is -0.240. The van der Waals surface area contributed by atoms with E-state index in [0.717, 1.165) is 0 Å². The minimum atomic E-state index is 0. The van der Waals surface area contributed by atoms with E-state index in [2.05, 4.69) is 56.4 Å². The van der Waals surface area contributed by atoms with E-state index in [9.17, 15) is 0 Å². The van der Waals surface area contributed by atoms with Crippen LogP contribution in [0, 0.1) is 0 Å². The smallest absolute Gasteiger partial charge is 0.116 e. The number of nitrogens with two attached hydrogens (primary N) is 1. The lowest BCUT2D eigenvalue weighted by molar-refractivity contribution is -0.729. The summed E-state index contributed by atoms with van der Waals surface area (Å²) in [5.41, 5.74) is 1.64. The number of halogens is 2. The molecule has 0 aliphatic carbocycles. The molecule has 1 nitrogen and oxygen atoms in total. The van der Waals surface area contributed by atoms with Crippen LogP contribution in [0.1, 0.15) is 116 Å². The first-order valence-corrected chi connectivity index (χ1v) is 11.6. The fourth-order valence-corrected chi connectivity index (χ4v) is 3.79. The van der Waals surface area contributed by atoms with Gasteiger partial charge in [-0.3, -0.25) is 0 Å². The second-order valence-electron chi connectivity index (χ2n) is 8.68. The van der Waals surface area contributed by atoms with Crippen molar-refractivity contribution >= 4 is 0 Å². The number of benzene rings is 1. The van der Waals surface area contributed by atoms with Crippen molar-refractivity contribution in [2.45, 2.75) is 116 Å². The molecule has 0 heterocycles. The van der Waals surface area contributed by atoms with Gasteiger partial charge in [0, 0.05) is 5.56 Å². The van der Waals surface area contributed by atoms with Crippen LogP contribution in [0.2, 0.25) is 0 Å². The van der Waals surface area contributed by atoms with Gasteiger partial charge in [-0.1, -0.05) is 114 Å². The molecule has 0 spiro atoms. The van der Waals surface area contributed by atoms with Crippen LogP contribution in [0.4, 0.5) is 0 Å². The van der Waals surface area contributed by atoms with Crippen LogP contribution in [0.3, 0.4) is 0 Å². The Morgan fingerprint density at radius 3 is 1.43 bits per heavy atom. The van der Waals surface area contributed by atoms with E-state index in [0.29, 0.717) is 0 Å². The molecule has 0 atom stereocenters. The predicted octanol–water partition coefficient (Wildman–Crippen LogP) is 0.974. The van der Waals surface area contributed by atoms with E-state index >= 15 is 0 Å². The molecule has 0 bridgehead atoms. The largest absolute Gasteiger partial charge is 1.00 e. The van der Waals surface area contributed by atoms with Crippen molar-refractivity contribution in [3.8, 4) is 0 Å². The lowest BCUT2D eigenvalue weighted by Gasteiger charge is -2.23. The molecule has 0 aliphatic rings. The SMILES string of the molecule is CCCCCCCCCCCCCCCC[NH2+]C(C)(C)c1ccccc1.[Cl-].[Cl-]. The molecule has 0 fully saturated rings. The summed E-state index contributed by atoms with van der Waals surface area (Å²) >= 11 is 0. The molecular formula is C25H46Cl2N-. The van der Waals surface area contributed by atoms with Crippen molar-refractivity contribution < 1.29 is 30.1 Å². The van der Waals surface area contributed by atoms with Crippen molar-refractivity contribution in [1.82, 2.24) is 0 Å². The molecule has 28 heavy (non-hydrogen) atoms. The normalized spacial score (nSPS) is 11.0. The van der Waals surface area contributed by atoms with Crippen LogP contribution in [0.5, 0.6) is 0 Å². The van der Waals surface area contributed by atoms with Gasteiger partial charge in [0.2, 0.25) is 0 Å². The predicted molar refractivity (Wildman–Crippen MR) is 117 cm³/mol. The average molecular weight is 432 g/mol. The second kappa shape index (κ2) is 20.0. The molecule has 0 saturated heterocycles. The summed E-state index contributed by atoms with van der Waals surface area (Å²) in [6.45, 7) is 8.22. The summed E-state index contributed by atoms with van der Waals surface area (Å²) in [6.07, 6.45) is 20.1. The summed E-state index contributed by atoms with van der Waals surface area (Å²) in [7, 11) is 0. The number of quaternary nitrogens is 1. The third kappa shape index (κ3) is 15.7. The van der Waals surface area contributed by atoms with E-state index in [4.69, 9.17) is 0 Å². The number of rotatable bonds is 17. The van der Waals surface area contributed by atoms with Crippen molar-refractivity contribution in [2.24, 2.45) is 0 Å². The van der Waals surface area contributed by atoms with Gasteiger partial charge in [-0.05, 0) is 26.7 Å². The van der Waals surface area contributed by atoms with Crippen LogP contribution in [-0.2, 0) is 5.54 Å². The topological polar surface area (TPSA) is 16.6 Å². The van der Waals surface area contributed by atoms with Gasteiger partial charge in [0.15, 0.2) is 0 Å². The van der Waals surface area contributed by atoms with Crippen molar-refractivity contribution in [2.75, 3.05) is 6.54 Å². The Morgan fingerprint density at radius 1 is 0.607 bits per heavy atom. The highest BCUT2D eigenvalue weighted by Crippen LogP contribution is 2.15. The van der Waals surface area contributed by atoms with E-state index in [1.54, 1.807) is 0 Å². The van der Waals surface area contributed by atoms with Gasteiger partial charge in [-0.25, -0.2) is 0 Å². The lowest BCUT2D eigenvalue weighted by atomic mass is 9.94. The van der Waals surface area contributed by atoms with Gasteiger partial charge >= 0.3 is 0 Å². The maximum Gasteiger partial charge on any atom is 0.116 e. The van der Waals surface area contributed by atoms with Gasteiger partial charge in [-0.2, -0.15) is 0 Å². The highest BCUT2D eigenvalue weighted by Gasteiger charge is 2.22. The molecule has 2 N–H and O–H groups in total. The summed E-state index contributed by atoms with van der Waals surface area (Å²) in [5, 5.41) is 2.52. The molecule has 0 amide bonds. The molecule has 1 aromatic rings. The van der Waals surface area contributed by atoms with Crippen molar-refractivity contribution in [3.05, 3.63) is 35.9 Å². The molecule has 1 aromatic carbocycles. The first-order chi connectivity index (χ1) is 12.7. The van der Waals surface area contributed by atoms with Crippen LogP contribution >= 0.6 is 0 Å². The van der Waals surface area contributed by atoms with E-state index in [-0.39, 0.29) is 30.4 Å². The summed E-state index contributed by atoms with van der Waals surface area (Å²) in [5.74, 6) is 0. The van der Waals surface area contributed by atoms with Gasteiger partial charge in [-0.15, -0.1) is 0 Å². The quantitative estimate of drug-likeness (QED) is 0.354. The molecule has 0 saturated carbocycles.